The van der Waals surface area contributed by atoms with Gasteiger partial charge < -0.3 is 10.6 Å². The molecule has 0 bridgehead atoms. The van der Waals surface area contributed by atoms with Crippen molar-refractivity contribution >= 4 is 29.1 Å². The number of piperidine rings is 1. The van der Waals surface area contributed by atoms with E-state index in [0.717, 1.165) is 31.5 Å². The topological polar surface area (TPSA) is 59.0 Å². The summed E-state index contributed by atoms with van der Waals surface area (Å²) in [4.78, 5) is 12.4. The van der Waals surface area contributed by atoms with Crippen LogP contribution in [0.2, 0.25) is 10.0 Å². The molecule has 128 valence electrons. The maximum Gasteiger partial charge on any atom is 0.272 e. The maximum absolute atomic E-state index is 12.4. The molecule has 2 aromatic rings. The molecule has 0 aliphatic carbocycles. The molecule has 7 heteroatoms. The van der Waals surface area contributed by atoms with Crippen LogP contribution in [0.3, 0.4) is 0 Å². The van der Waals surface area contributed by atoms with Gasteiger partial charge in [0.2, 0.25) is 0 Å². The second kappa shape index (κ2) is 7.55. The van der Waals surface area contributed by atoms with Crippen molar-refractivity contribution in [3.8, 4) is 0 Å². The summed E-state index contributed by atoms with van der Waals surface area (Å²) >= 11 is 12.0. The first-order valence-corrected chi connectivity index (χ1v) is 8.82. The summed E-state index contributed by atoms with van der Waals surface area (Å²) in [5.41, 5.74) is 1.32. The fourth-order valence-corrected chi connectivity index (χ4v) is 3.16. The van der Waals surface area contributed by atoms with Gasteiger partial charge in [-0.25, -0.2) is 0 Å². The highest BCUT2D eigenvalue weighted by molar-refractivity contribution is 6.42. The molecule has 1 aliphatic heterocycles. The summed E-state index contributed by atoms with van der Waals surface area (Å²) in [5.74, 6) is -0.198. The first kappa shape index (κ1) is 17.3. The van der Waals surface area contributed by atoms with Crippen molar-refractivity contribution in [3.63, 3.8) is 0 Å². The molecule has 5 nitrogen and oxygen atoms in total. The van der Waals surface area contributed by atoms with Crippen LogP contribution in [0.5, 0.6) is 0 Å². The van der Waals surface area contributed by atoms with E-state index in [1.165, 1.54) is 0 Å². The van der Waals surface area contributed by atoms with Crippen molar-refractivity contribution in [2.45, 2.75) is 31.8 Å². The lowest BCUT2D eigenvalue weighted by Crippen LogP contribution is -2.32. The van der Waals surface area contributed by atoms with Gasteiger partial charge in [-0.1, -0.05) is 29.3 Å². The van der Waals surface area contributed by atoms with E-state index in [-0.39, 0.29) is 11.9 Å². The summed E-state index contributed by atoms with van der Waals surface area (Å²) in [6.45, 7) is 3.84. The van der Waals surface area contributed by atoms with Crippen LogP contribution in [0.1, 0.15) is 47.9 Å². The summed E-state index contributed by atoms with van der Waals surface area (Å²) in [6.07, 6.45) is 4.08. The molecule has 2 atom stereocenters. The zero-order valence-corrected chi connectivity index (χ0v) is 14.9. The fraction of sp³-hybridized carbons (Fsp3) is 0.412. The predicted octanol–water partition coefficient (Wildman–Crippen LogP) is 3.61. The van der Waals surface area contributed by atoms with E-state index in [1.54, 1.807) is 18.2 Å². The van der Waals surface area contributed by atoms with E-state index >= 15 is 0 Å². The van der Waals surface area contributed by atoms with E-state index in [2.05, 4.69) is 15.7 Å². The minimum Gasteiger partial charge on any atom is -0.344 e. The Balaban J connectivity index is 1.66. The van der Waals surface area contributed by atoms with E-state index in [1.807, 2.05) is 23.9 Å². The van der Waals surface area contributed by atoms with Crippen LogP contribution in [-0.2, 0) is 0 Å². The highest BCUT2D eigenvalue weighted by Crippen LogP contribution is 2.25. The number of hydrogen-bond donors (Lipinski definition) is 2. The van der Waals surface area contributed by atoms with Gasteiger partial charge >= 0.3 is 0 Å². The van der Waals surface area contributed by atoms with Crippen molar-refractivity contribution in [1.29, 1.82) is 0 Å². The standard InChI is InChI=1S/C17H20Cl2N4O/c1-11(12-4-5-14(18)15(19)9-12)21-17(24)16-6-8-23(22-16)13-3-2-7-20-10-13/h4-6,8-9,11,13,20H,2-3,7,10H2,1H3,(H,21,24). The van der Waals surface area contributed by atoms with E-state index in [0.29, 0.717) is 21.8 Å². The first-order chi connectivity index (χ1) is 11.5. The Hall–Kier alpha value is -1.56. The molecule has 24 heavy (non-hydrogen) atoms. The number of aromatic nitrogens is 2. The number of nitrogens with one attached hydrogen (secondary N) is 2. The van der Waals surface area contributed by atoms with Crippen LogP contribution in [0.15, 0.2) is 30.5 Å². The fourth-order valence-electron chi connectivity index (χ4n) is 2.86. The van der Waals surface area contributed by atoms with Crippen molar-refractivity contribution in [3.05, 3.63) is 51.8 Å². The first-order valence-electron chi connectivity index (χ1n) is 8.06. The van der Waals surface area contributed by atoms with E-state index in [9.17, 15) is 4.79 Å². The van der Waals surface area contributed by atoms with Crippen LogP contribution in [0.25, 0.3) is 0 Å². The molecule has 0 spiro atoms. The highest BCUT2D eigenvalue weighted by atomic mass is 35.5. The third-order valence-corrected chi connectivity index (χ3v) is 5.02. The second-order valence-corrected chi connectivity index (χ2v) is 6.86. The van der Waals surface area contributed by atoms with Gasteiger partial charge in [0, 0.05) is 12.7 Å². The zero-order valence-electron chi connectivity index (χ0n) is 13.4. The molecular formula is C17H20Cl2N4O. The quantitative estimate of drug-likeness (QED) is 0.868. The number of carbonyl (C=O) groups excluding carboxylic acids is 1. The van der Waals surface area contributed by atoms with Gasteiger partial charge in [-0.05, 0) is 50.1 Å². The molecule has 1 aromatic carbocycles. The predicted molar refractivity (Wildman–Crippen MR) is 95.7 cm³/mol. The lowest BCUT2D eigenvalue weighted by Gasteiger charge is -2.22. The number of benzene rings is 1. The number of amides is 1. The van der Waals surface area contributed by atoms with Crippen LogP contribution in [0, 0.1) is 0 Å². The summed E-state index contributed by atoms with van der Waals surface area (Å²) in [5, 5.41) is 11.7. The Morgan fingerprint density at radius 2 is 2.21 bits per heavy atom. The molecule has 0 saturated carbocycles. The van der Waals surface area contributed by atoms with Crippen molar-refractivity contribution in [2.24, 2.45) is 0 Å². The van der Waals surface area contributed by atoms with E-state index in [4.69, 9.17) is 23.2 Å². The molecule has 2 heterocycles. The van der Waals surface area contributed by atoms with Gasteiger partial charge in [-0.15, -0.1) is 0 Å². The summed E-state index contributed by atoms with van der Waals surface area (Å²) in [7, 11) is 0. The molecule has 1 aromatic heterocycles. The highest BCUT2D eigenvalue weighted by Gasteiger charge is 2.19. The smallest absolute Gasteiger partial charge is 0.272 e. The number of carbonyl (C=O) groups is 1. The molecule has 1 saturated heterocycles. The number of rotatable bonds is 4. The van der Waals surface area contributed by atoms with Gasteiger partial charge in [-0.3, -0.25) is 9.48 Å². The Kier molecular flexibility index (Phi) is 5.43. The molecule has 3 rings (SSSR count). The van der Waals surface area contributed by atoms with Crippen LogP contribution in [0.4, 0.5) is 0 Å². The maximum atomic E-state index is 12.4. The minimum absolute atomic E-state index is 0.186. The molecule has 2 N–H and O–H groups in total. The van der Waals surface area contributed by atoms with Gasteiger partial charge in [-0.2, -0.15) is 5.10 Å². The Morgan fingerprint density at radius 1 is 1.38 bits per heavy atom. The molecule has 1 amide bonds. The number of nitrogens with zero attached hydrogens (tertiary/aromatic N) is 2. The van der Waals surface area contributed by atoms with Gasteiger partial charge in [0.1, 0.15) is 5.69 Å². The molecule has 2 unspecified atom stereocenters. The van der Waals surface area contributed by atoms with Crippen molar-refractivity contribution in [1.82, 2.24) is 20.4 Å². The lowest BCUT2D eigenvalue weighted by atomic mass is 10.1. The largest absolute Gasteiger partial charge is 0.344 e. The molecule has 1 aliphatic rings. The molecular weight excluding hydrogens is 347 g/mol. The Bertz CT molecular complexity index is 725. The molecule has 0 radical (unpaired) electrons. The van der Waals surface area contributed by atoms with Gasteiger partial charge in [0.15, 0.2) is 0 Å². The normalized spacial score (nSPS) is 19.0. The average Bonchev–Trinajstić information content (AvgIpc) is 3.08. The SMILES string of the molecule is CC(NC(=O)c1ccn(C2CCCNC2)n1)c1ccc(Cl)c(Cl)c1. The second-order valence-electron chi connectivity index (χ2n) is 6.05. The van der Waals surface area contributed by atoms with Crippen LogP contribution >= 0.6 is 23.2 Å². The van der Waals surface area contributed by atoms with Crippen LogP contribution < -0.4 is 10.6 Å². The molecule has 1 fully saturated rings. The monoisotopic (exact) mass is 366 g/mol. The number of halogens is 2. The average molecular weight is 367 g/mol. The minimum atomic E-state index is -0.198. The third-order valence-electron chi connectivity index (χ3n) is 4.28. The van der Waals surface area contributed by atoms with Gasteiger partial charge in [0.25, 0.3) is 5.91 Å². The van der Waals surface area contributed by atoms with Gasteiger partial charge in [0.05, 0.1) is 22.1 Å². The lowest BCUT2D eigenvalue weighted by molar-refractivity contribution is 0.0933. The summed E-state index contributed by atoms with van der Waals surface area (Å²) in [6, 6.07) is 7.23. The van der Waals surface area contributed by atoms with Crippen LogP contribution in [-0.4, -0.2) is 28.8 Å². The summed E-state index contributed by atoms with van der Waals surface area (Å²) < 4.78 is 1.88. The Morgan fingerprint density at radius 3 is 2.92 bits per heavy atom. The van der Waals surface area contributed by atoms with E-state index < -0.39 is 0 Å². The number of hydrogen-bond acceptors (Lipinski definition) is 3. The third kappa shape index (κ3) is 3.91. The van der Waals surface area contributed by atoms with Crippen molar-refractivity contribution < 1.29 is 4.79 Å². The Labute approximate surface area is 151 Å². The van der Waals surface area contributed by atoms with Crippen molar-refractivity contribution in [2.75, 3.05) is 13.1 Å². The zero-order chi connectivity index (χ0) is 17.1.